The first-order valence-corrected chi connectivity index (χ1v) is 7.08. The van der Waals surface area contributed by atoms with E-state index in [1.807, 2.05) is 0 Å². The van der Waals surface area contributed by atoms with Gasteiger partial charge in [0.15, 0.2) is 0 Å². The monoisotopic (exact) mass is 239 g/mol. The lowest BCUT2D eigenvalue weighted by atomic mass is 10.4. The van der Waals surface area contributed by atoms with E-state index in [1.54, 1.807) is 11.3 Å². The second kappa shape index (κ2) is 5.75. The zero-order valence-corrected chi connectivity index (χ0v) is 11.0. The molecule has 0 aromatic carbocycles. The number of aromatic nitrogens is 1. The fourth-order valence-electron chi connectivity index (χ4n) is 1.70. The first-order valence-electron chi connectivity index (χ1n) is 6.20. The maximum Gasteiger partial charge on any atom is 0.107 e. The number of nitrogens with one attached hydrogen (secondary N) is 1. The van der Waals surface area contributed by atoms with Crippen LogP contribution in [0.1, 0.15) is 37.4 Å². The molecule has 90 valence electrons. The van der Waals surface area contributed by atoms with E-state index < -0.39 is 0 Å². The molecule has 1 saturated carbocycles. The van der Waals surface area contributed by atoms with E-state index in [4.69, 9.17) is 0 Å². The predicted molar refractivity (Wildman–Crippen MR) is 68.6 cm³/mol. The Bertz CT molecular complexity index is 316. The molecule has 1 N–H and O–H groups in total. The van der Waals surface area contributed by atoms with E-state index in [0.29, 0.717) is 0 Å². The van der Waals surface area contributed by atoms with Gasteiger partial charge in [-0.05, 0) is 25.9 Å². The highest BCUT2D eigenvalue weighted by Crippen LogP contribution is 2.20. The third-order valence-corrected chi connectivity index (χ3v) is 3.90. The van der Waals surface area contributed by atoms with Gasteiger partial charge in [0.25, 0.3) is 0 Å². The van der Waals surface area contributed by atoms with Gasteiger partial charge in [0, 0.05) is 24.5 Å². The van der Waals surface area contributed by atoms with Crippen LogP contribution in [-0.2, 0) is 13.1 Å². The summed E-state index contributed by atoms with van der Waals surface area (Å²) in [4.78, 5) is 7.06. The van der Waals surface area contributed by atoms with Crippen molar-refractivity contribution in [2.45, 2.75) is 45.8 Å². The van der Waals surface area contributed by atoms with E-state index in [2.05, 4.69) is 34.4 Å². The summed E-state index contributed by atoms with van der Waals surface area (Å²) in [6.45, 7) is 8.55. The lowest BCUT2D eigenvalue weighted by molar-refractivity contribution is 0.292. The number of nitrogens with zero attached hydrogens (tertiary/aromatic N) is 2. The van der Waals surface area contributed by atoms with E-state index in [0.717, 1.165) is 32.2 Å². The molecule has 0 aliphatic heterocycles. The fourth-order valence-corrected chi connectivity index (χ4v) is 2.43. The molecule has 1 aliphatic rings. The van der Waals surface area contributed by atoms with Crippen LogP contribution < -0.4 is 5.32 Å². The van der Waals surface area contributed by atoms with Crippen molar-refractivity contribution >= 4 is 11.3 Å². The molecule has 2 rings (SSSR count). The lowest BCUT2D eigenvalue weighted by Crippen LogP contribution is -2.22. The number of hydrogen-bond acceptors (Lipinski definition) is 4. The Morgan fingerprint density at radius 2 is 2.19 bits per heavy atom. The summed E-state index contributed by atoms with van der Waals surface area (Å²) in [5, 5.41) is 6.93. The minimum absolute atomic E-state index is 0.773. The first-order chi connectivity index (χ1) is 7.81. The van der Waals surface area contributed by atoms with Crippen molar-refractivity contribution in [2.24, 2.45) is 0 Å². The summed E-state index contributed by atoms with van der Waals surface area (Å²) in [7, 11) is 0. The van der Waals surface area contributed by atoms with Crippen molar-refractivity contribution < 1.29 is 0 Å². The number of hydrogen-bond donors (Lipinski definition) is 1. The van der Waals surface area contributed by atoms with Crippen LogP contribution in [0.5, 0.6) is 0 Å². The third-order valence-electron chi connectivity index (χ3n) is 3.00. The van der Waals surface area contributed by atoms with Crippen molar-refractivity contribution in [3.05, 3.63) is 16.1 Å². The van der Waals surface area contributed by atoms with Crippen molar-refractivity contribution in [3.63, 3.8) is 0 Å². The predicted octanol–water partition coefficient (Wildman–Crippen LogP) is 2.24. The Balaban J connectivity index is 1.80. The highest BCUT2D eigenvalue weighted by Gasteiger charge is 2.20. The van der Waals surface area contributed by atoms with E-state index >= 15 is 0 Å². The molecular formula is C12H21N3S. The van der Waals surface area contributed by atoms with Gasteiger partial charge in [-0.1, -0.05) is 13.8 Å². The molecular weight excluding hydrogens is 218 g/mol. The van der Waals surface area contributed by atoms with Crippen LogP contribution in [0, 0.1) is 0 Å². The fraction of sp³-hybridized carbons (Fsp3) is 0.750. The molecule has 3 nitrogen and oxygen atoms in total. The molecule has 0 unspecified atom stereocenters. The van der Waals surface area contributed by atoms with Crippen LogP contribution >= 0.6 is 11.3 Å². The zero-order chi connectivity index (χ0) is 11.4. The molecule has 1 aliphatic carbocycles. The average Bonchev–Trinajstić information content (AvgIpc) is 3.03. The standard InChI is InChI=1S/C12H21N3S/c1-3-15(4-2)8-11-9-16-12(14-11)7-13-10-5-6-10/h9-10,13H,3-8H2,1-2H3. The summed E-state index contributed by atoms with van der Waals surface area (Å²) in [6, 6.07) is 0.773. The highest BCUT2D eigenvalue weighted by molar-refractivity contribution is 7.09. The van der Waals surface area contributed by atoms with E-state index in [9.17, 15) is 0 Å². The minimum atomic E-state index is 0.773. The third kappa shape index (κ3) is 3.54. The quantitative estimate of drug-likeness (QED) is 0.791. The van der Waals surface area contributed by atoms with Gasteiger partial charge in [-0.25, -0.2) is 4.98 Å². The van der Waals surface area contributed by atoms with Gasteiger partial charge >= 0.3 is 0 Å². The lowest BCUT2D eigenvalue weighted by Gasteiger charge is -2.15. The van der Waals surface area contributed by atoms with E-state index in [1.165, 1.54) is 23.5 Å². The van der Waals surface area contributed by atoms with Crippen molar-refractivity contribution in [2.75, 3.05) is 13.1 Å². The molecule has 0 spiro atoms. The SMILES string of the molecule is CCN(CC)Cc1csc(CNC2CC2)n1. The Hall–Kier alpha value is -0.450. The Morgan fingerprint density at radius 1 is 1.44 bits per heavy atom. The molecule has 16 heavy (non-hydrogen) atoms. The number of thiazole rings is 1. The van der Waals surface area contributed by atoms with Crippen LogP contribution in [0.4, 0.5) is 0 Å². The zero-order valence-electron chi connectivity index (χ0n) is 10.2. The summed E-state index contributed by atoms with van der Waals surface area (Å²) in [5.41, 5.74) is 1.22. The van der Waals surface area contributed by atoms with Crippen molar-refractivity contribution in [3.8, 4) is 0 Å². The van der Waals surface area contributed by atoms with Crippen LogP contribution in [0.25, 0.3) is 0 Å². The minimum Gasteiger partial charge on any atom is -0.308 e. The van der Waals surface area contributed by atoms with Gasteiger partial charge in [-0.2, -0.15) is 0 Å². The molecule has 1 aromatic heterocycles. The number of rotatable bonds is 7. The maximum atomic E-state index is 4.66. The van der Waals surface area contributed by atoms with Crippen LogP contribution in [0.3, 0.4) is 0 Å². The van der Waals surface area contributed by atoms with E-state index in [-0.39, 0.29) is 0 Å². The highest BCUT2D eigenvalue weighted by atomic mass is 32.1. The first kappa shape index (κ1) is 12.0. The van der Waals surface area contributed by atoms with Crippen LogP contribution in [0.2, 0.25) is 0 Å². The summed E-state index contributed by atoms with van der Waals surface area (Å²) < 4.78 is 0. The largest absolute Gasteiger partial charge is 0.308 e. The Labute approximate surface area is 102 Å². The molecule has 0 bridgehead atoms. The van der Waals surface area contributed by atoms with Crippen LogP contribution in [0.15, 0.2) is 5.38 Å². The van der Waals surface area contributed by atoms with Crippen LogP contribution in [-0.4, -0.2) is 29.0 Å². The molecule has 0 radical (unpaired) electrons. The molecule has 1 aromatic rings. The van der Waals surface area contributed by atoms with Gasteiger partial charge in [-0.15, -0.1) is 11.3 Å². The van der Waals surface area contributed by atoms with Crippen molar-refractivity contribution in [1.29, 1.82) is 0 Å². The second-order valence-corrected chi connectivity index (χ2v) is 5.29. The molecule has 4 heteroatoms. The van der Waals surface area contributed by atoms with Gasteiger partial charge in [0.05, 0.1) is 5.69 Å². The van der Waals surface area contributed by atoms with Gasteiger partial charge < -0.3 is 5.32 Å². The smallest absolute Gasteiger partial charge is 0.107 e. The summed E-state index contributed by atoms with van der Waals surface area (Å²) in [5.74, 6) is 0. The average molecular weight is 239 g/mol. The normalized spacial score (nSPS) is 15.9. The summed E-state index contributed by atoms with van der Waals surface area (Å²) in [6.07, 6.45) is 2.69. The Kier molecular flexibility index (Phi) is 4.32. The van der Waals surface area contributed by atoms with Gasteiger partial charge in [0.2, 0.25) is 0 Å². The molecule has 1 fully saturated rings. The second-order valence-electron chi connectivity index (χ2n) is 4.35. The molecule has 1 heterocycles. The maximum absolute atomic E-state index is 4.66. The molecule has 0 amide bonds. The topological polar surface area (TPSA) is 28.2 Å². The molecule has 0 saturated heterocycles. The van der Waals surface area contributed by atoms with Crippen molar-refractivity contribution in [1.82, 2.24) is 15.2 Å². The summed E-state index contributed by atoms with van der Waals surface area (Å²) >= 11 is 1.78. The Morgan fingerprint density at radius 3 is 2.81 bits per heavy atom. The van der Waals surface area contributed by atoms with Gasteiger partial charge in [0.1, 0.15) is 5.01 Å². The van der Waals surface area contributed by atoms with Gasteiger partial charge in [-0.3, -0.25) is 4.90 Å². The molecule has 0 atom stereocenters.